The third-order valence-corrected chi connectivity index (χ3v) is 5.93. The van der Waals surface area contributed by atoms with Crippen molar-refractivity contribution >= 4 is 47.2 Å². The summed E-state index contributed by atoms with van der Waals surface area (Å²) >= 11 is 1.77. The van der Waals surface area contributed by atoms with Crippen LogP contribution in [-0.4, -0.2) is 92.6 Å². The maximum atomic E-state index is 12.5. The van der Waals surface area contributed by atoms with Gasteiger partial charge in [0.25, 0.3) is 0 Å². The molecule has 0 bridgehead atoms. The lowest BCUT2D eigenvalue weighted by Gasteiger charge is -2.33. The molecule has 0 aliphatic carbocycles. The second kappa shape index (κ2) is 14.2. The van der Waals surface area contributed by atoms with Gasteiger partial charge in [0.2, 0.25) is 5.91 Å². The number of likely N-dealkylation sites (N-methyl/N-ethyl adjacent to an activating group) is 2. The number of ether oxygens (including phenoxy) is 1. The Morgan fingerprint density at radius 3 is 2.55 bits per heavy atom. The number of morpholine rings is 1. The largest absolute Gasteiger partial charge is 0.379 e. The molecule has 7 nitrogen and oxygen atoms in total. The lowest BCUT2D eigenvalue weighted by molar-refractivity contribution is -0.131. The van der Waals surface area contributed by atoms with E-state index in [0.29, 0.717) is 13.1 Å². The fraction of sp³-hybridized carbons (Fsp3) is 0.700. The zero-order valence-electron chi connectivity index (χ0n) is 18.1. The van der Waals surface area contributed by atoms with Gasteiger partial charge in [-0.05, 0) is 32.2 Å². The summed E-state index contributed by atoms with van der Waals surface area (Å²) in [5.41, 5.74) is 0. The molecule has 1 saturated heterocycles. The Kier molecular flexibility index (Phi) is 12.8. The molecule has 9 heteroatoms. The number of nitrogens with one attached hydrogen (secondary N) is 1. The number of rotatable bonds is 9. The van der Waals surface area contributed by atoms with E-state index in [1.807, 2.05) is 37.6 Å². The van der Waals surface area contributed by atoms with Gasteiger partial charge >= 0.3 is 0 Å². The molecule has 1 fully saturated rings. The highest BCUT2D eigenvalue weighted by atomic mass is 127. The van der Waals surface area contributed by atoms with E-state index in [2.05, 4.69) is 27.7 Å². The summed E-state index contributed by atoms with van der Waals surface area (Å²) in [5.74, 6) is 0.902. The maximum Gasteiger partial charge on any atom is 0.242 e. The molecule has 1 aliphatic heterocycles. The number of amides is 1. The predicted octanol–water partition coefficient (Wildman–Crippen LogP) is 2.51. The van der Waals surface area contributed by atoms with Gasteiger partial charge in [-0.3, -0.25) is 14.7 Å². The molecule has 0 saturated carbocycles. The van der Waals surface area contributed by atoms with E-state index in [9.17, 15) is 4.79 Å². The molecule has 0 aromatic carbocycles. The van der Waals surface area contributed by atoms with Crippen LogP contribution < -0.4 is 5.32 Å². The van der Waals surface area contributed by atoms with E-state index in [-0.39, 0.29) is 35.9 Å². The van der Waals surface area contributed by atoms with Crippen LogP contribution in [0.4, 0.5) is 0 Å². The fourth-order valence-corrected chi connectivity index (χ4v) is 4.20. The summed E-state index contributed by atoms with van der Waals surface area (Å²) in [6.07, 6.45) is 0. The zero-order valence-corrected chi connectivity index (χ0v) is 21.2. The molecule has 1 amide bonds. The summed E-state index contributed by atoms with van der Waals surface area (Å²) < 4.78 is 5.52. The molecule has 1 aromatic heterocycles. The van der Waals surface area contributed by atoms with Crippen LogP contribution in [-0.2, 0) is 9.53 Å². The van der Waals surface area contributed by atoms with Gasteiger partial charge in [0.1, 0.15) is 0 Å². The van der Waals surface area contributed by atoms with E-state index in [1.54, 1.807) is 11.3 Å². The van der Waals surface area contributed by atoms with Crippen molar-refractivity contribution in [3.8, 4) is 0 Å². The van der Waals surface area contributed by atoms with Crippen molar-refractivity contribution in [1.82, 2.24) is 20.0 Å². The lowest BCUT2D eigenvalue weighted by atomic mass is 10.2. The Hall–Kier alpha value is -0.910. The second-order valence-electron chi connectivity index (χ2n) is 6.80. The standard InChI is InChI=1S/C20H35N5O2S.HI/c1-5-21-20(23(4)16-19(26)24(6-2)7-3)22-15-17(18-9-8-14-28-18)25-10-12-27-13-11-25;/h8-9,14,17H,5-7,10-13,15-16H2,1-4H3,(H,21,22);1H. The molecule has 29 heavy (non-hydrogen) atoms. The van der Waals surface area contributed by atoms with Crippen molar-refractivity contribution in [2.75, 3.05) is 66.1 Å². The molecule has 1 aromatic rings. The van der Waals surface area contributed by atoms with Gasteiger partial charge in [-0.25, -0.2) is 0 Å². The van der Waals surface area contributed by atoms with Gasteiger partial charge in [0.05, 0.1) is 32.3 Å². The van der Waals surface area contributed by atoms with E-state index in [0.717, 1.165) is 51.9 Å². The first kappa shape index (κ1) is 26.1. The monoisotopic (exact) mass is 537 g/mol. The average Bonchev–Trinajstić information content (AvgIpc) is 3.23. The number of hydrogen-bond acceptors (Lipinski definition) is 5. The second-order valence-corrected chi connectivity index (χ2v) is 7.78. The van der Waals surface area contributed by atoms with Crippen molar-refractivity contribution in [2.45, 2.75) is 26.8 Å². The lowest BCUT2D eigenvalue weighted by Crippen LogP contribution is -2.46. The highest BCUT2D eigenvalue weighted by molar-refractivity contribution is 14.0. The van der Waals surface area contributed by atoms with Crippen LogP contribution in [0.3, 0.4) is 0 Å². The smallest absolute Gasteiger partial charge is 0.242 e. The summed E-state index contributed by atoms with van der Waals surface area (Å²) in [6, 6.07) is 4.52. The minimum Gasteiger partial charge on any atom is -0.379 e. The molecular weight excluding hydrogens is 501 g/mol. The highest BCUT2D eigenvalue weighted by Crippen LogP contribution is 2.26. The fourth-order valence-electron chi connectivity index (χ4n) is 3.35. The van der Waals surface area contributed by atoms with Gasteiger partial charge in [0, 0.05) is 44.6 Å². The van der Waals surface area contributed by atoms with Crippen molar-refractivity contribution in [3.63, 3.8) is 0 Å². The average molecular weight is 538 g/mol. The van der Waals surface area contributed by atoms with Crippen molar-refractivity contribution in [3.05, 3.63) is 22.4 Å². The SMILES string of the molecule is CCNC(=NCC(c1cccs1)N1CCOCC1)N(C)CC(=O)N(CC)CC.I. The van der Waals surface area contributed by atoms with Crippen molar-refractivity contribution in [1.29, 1.82) is 0 Å². The number of hydrogen-bond donors (Lipinski definition) is 1. The van der Waals surface area contributed by atoms with Crippen LogP contribution in [0.2, 0.25) is 0 Å². The number of carbonyl (C=O) groups excluding carboxylic acids is 1. The van der Waals surface area contributed by atoms with E-state index < -0.39 is 0 Å². The number of nitrogens with zero attached hydrogens (tertiary/aromatic N) is 4. The number of carbonyl (C=O) groups is 1. The van der Waals surface area contributed by atoms with Gasteiger partial charge in [-0.2, -0.15) is 0 Å². The van der Waals surface area contributed by atoms with Crippen LogP contribution in [0.1, 0.15) is 31.7 Å². The Balaban J connectivity index is 0.00000420. The van der Waals surface area contributed by atoms with Gasteiger partial charge in [-0.1, -0.05) is 6.07 Å². The molecule has 1 aliphatic rings. The Morgan fingerprint density at radius 1 is 1.31 bits per heavy atom. The molecule has 1 unspecified atom stereocenters. The molecule has 1 atom stereocenters. The highest BCUT2D eigenvalue weighted by Gasteiger charge is 2.24. The van der Waals surface area contributed by atoms with Crippen LogP contribution in [0.5, 0.6) is 0 Å². The molecule has 2 heterocycles. The summed E-state index contributed by atoms with van der Waals surface area (Å²) in [7, 11) is 1.93. The molecule has 2 rings (SSSR count). The number of halogens is 1. The molecule has 1 N–H and O–H groups in total. The van der Waals surface area contributed by atoms with Gasteiger partial charge in [0.15, 0.2) is 5.96 Å². The van der Waals surface area contributed by atoms with Crippen LogP contribution >= 0.6 is 35.3 Å². The third-order valence-electron chi connectivity index (χ3n) is 4.96. The minimum absolute atomic E-state index is 0. The maximum absolute atomic E-state index is 12.5. The zero-order chi connectivity index (χ0) is 20.4. The number of guanidine groups is 1. The Labute approximate surface area is 196 Å². The van der Waals surface area contributed by atoms with Crippen LogP contribution in [0.25, 0.3) is 0 Å². The third kappa shape index (κ3) is 8.03. The molecule has 166 valence electrons. The quantitative estimate of drug-likeness (QED) is 0.298. The molecule has 0 radical (unpaired) electrons. The molecular formula is C20H36IN5O2S. The summed E-state index contributed by atoms with van der Waals surface area (Å²) in [4.78, 5) is 24.9. The van der Waals surface area contributed by atoms with E-state index in [1.165, 1.54) is 4.88 Å². The normalized spacial score (nSPS) is 16.1. The first-order chi connectivity index (χ1) is 13.6. The topological polar surface area (TPSA) is 60.4 Å². The first-order valence-corrected chi connectivity index (χ1v) is 11.1. The minimum atomic E-state index is 0. The van der Waals surface area contributed by atoms with Crippen LogP contribution in [0.15, 0.2) is 22.5 Å². The van der Waals surface area contributed by atoms with Gasteiger partial charge < -0.3 is 19.9 Å². The number of thiophene rings is 1. The Bertz CT molecular complexity index is 604. The van der Waals surface area contributed by atoms with Gasteiger partial charge in [-0.15, -0.1) is 35.3 Å². The van der Waals surface area contributed by atoms with Crippen molar-refractivity contribution < 1.29 is 9.53 Å². The van der Waals surface area contributed by atoms with Crippen LogP contribution in [0, 0.1) is 0 Å². The Morgan fingerprint density at radius 2 is 2.00 bits per heavy atom. The number of aliphatic imine (C=N–C) groups is 1. The first-order valence-electron chi connectivity index (χ1n) is 10.2. The summed E-state index contributed by atoms with van der Waals surface area (Å²) in [5, 5.41) is 5.45. The van der Waals surface area contributed by atoms with E-state index in [4.69, 9.17) is 9.73 Å². The predicted molar refractivity (Wildman–Crippen MR) is 131 cm³/mol. The summed E-state index contributed by atoms with van der Waals surface area (Å²) in [6.45, 7) is 12.7. The molecule has 0 spiro atoms. The van der Waals surface area contributed by atoms with Crippen molar-refractivity contribution in [2.24, 2.45) is 4.99 Å². The van der Waals surface area contributed by atoms with E-state index >= 15 is 0 Å².